The summed E-state index contributed by atoms with van der Waals surface area (Å²) in [5.74, 6) is 1.21. The molecule has 0 aromatic rings. The van der Waals surface area contributed by atoms with Crippen LogP contribution < -0.4 is 0 Å². The predicted octanol–water partition coefficient (Wildman–Crippen LogP) is 2.10. The van der Waals surface area contributed by atoms with Crippen LogP contribution in [0.1, 0.15) is 58.8 Å². The van der Waals surface area contributed by atoms with E-state index in [1.807, 2.05) is 0 Å². The molecule has 6 rings (SSSR count). The Morgan fingerprint density at radius 2 is 1.88 bits per heavy atom. The largest absolute Gasteiger partial charge is 0.396 e. The number of hydrogen-bond donors (Lipinski definition) is 3. The Kier molecular flexibility index (Phi) is 3.05. The Labute approximate surface area is 144 Å². The van der Waals surface area contributed by atoms with Gasteiger partial charge in [0.05, 0.1) is 18.8 Å². The Bertz CT molecular complexity index is 566. The van der Waals surface area contributed by atoms with Crippen molar-refractivity contribution < 1.29 is 20.1 Å². The summed E-state index contributed by atoms with van der Waals surface area (Å²) in [6.45, 7) is 4.91. The molecule has 4 nitrogen and oxygen atoms in total. The van der Waals surface area contributed by atoms with Gasteiger partial charge in [-0.2, -0.15) is 0 Å². The second-order valence-corrected chi connectivity index (χ2v) is 10.3. The van der Waals surface area contributed by atoms with Crippen molar-refractivity contribution in [1.29, 1.82) is 0 Å². The summed E-state index contributed by atoms with van der Waals surface area (Å²) in [4.78, 5) is 0. The van der Waals surface area contributed by atoms with Gasteiger partial charge in [-0.1, -0.05) is 20.3 Å². The summed E-state index contributed by atoms with van der Waals surface area (Å²) in [5.41, 5.74) is -0.601. The Hall–Kier alpha value is -0.160. The van der Waals surface area contributed by atoms with Crippen molar-refractivity contribution in [3.8, 4) is 0 Å². The summed E-state index contributed by atoms with van der Waals surface area (Å²) in [6, 6.07) is 0. The van der Waals surface area contributed by atoms with Gasteiger partial charge in [0.25, 0.3) is 0 Å². The van der Waals surface area contributed by atoms with E-state index in [2.05, 4.69) is 13.8 Å². The van der Waals surface area contributed by atoms with Gasteiger partial charge in [0, 0.05) is 12.0 Å². The number of aliphatic hydroxyl groups is 3. The van der Waals surface area contributed by atoms with Gasteiger partial charge in [-0.15, -0.1) is 0 Å². The van der Waals surface area contributed by atoms with Crippen molar-refractivity contribution >= 4 is 0 Å². The molecular formula is C20H32O4. The predicted molar refractivity (Wildman–Crippen MR) is 89.2 cm³/mol. The topological polar surface area (TPSA) is 69.9 Å². The fourth-order valence-corrected chi connectivity index (χ4v) is 8.78. The van der Waals surface area contributed by atoms with Crippen LogP contribution in [0, 0.1) is 34.0 Å². The molecule has 0 radical (unpaired) electrons. The maximum atomic E-state index is 11.3. The van der Waals surface area contributed by atoms with Gasteiger partial charge in [-0.3, -0.25) is 0 Å². The van der Waals surface area contributed by atoms with Gasteiger partial charge in [-0.25, -0.2) is 0 Å². The molecular weight excluding hydrogens is 304 g/mol. The number of ether oxygens (including phenoxy) is 1. The van der Waals surface area contributed by atoms with E-state index in [-0.39, 0.29) is 35.6 Å². The molecule has 0 unspecified atom stereocenters. The third-order valence-electron chi connectivity index (χ3n) is 9.52. The molecule has 6 aliphatic rings. The maximum absolute atomic E-state index is 11.3. The Morgan fingerprint density at radius 3 is 2.54 bits per heavy atom. The molecule has 136 valence electrons. The number of aliphatic hydroxyl groups excluding tert-OH is 3. The quantitative estimate of drug-likeness (QED) is 0.722. The molecule has 4 aliphatic carbocycles. The van der Waals surface area contributed by atoms with Crippen LogP contribution in [0.15, 0.2) is 0 Å². The first kappa shape index (κ1) is 16.0. The lowest BCUT2D eigenvalue weighted by molar-refractivity contribution is -0.281. The van der Waals surface area contributed by atoms with Crippen LogP contribution in [0.3, 0.4) is 0 Å². The van der Waals surface area contributed by atoms with Crippen LogP contribution in [0.25, 0.3) is 0 Å². The minimum atomic E-state index is -0.681. The monoisotopic (exact) mass is 336 g/mol. The first-order valence-electron chi connectivity index (χ1n) is 9.94. The van der Waals surface area contributed by atoms with E-state index in [0.29, 0.717) is 17.8 Å². The number of fused-ring (bicyclic) bond motifs is 1. The lowest BCUT2D eigenvalue weighted by Crippen LogP contribution is -2.67. The van der Waals surface area contributed by atoms with E-state index in [1.54, 1.807) is 0 Å². The van der Waals surface area contributed by atoms with Crippen molar-refractivity contribution in [2.45, 2.75) is 76.6 Å². The van der Waals surface area contributed by atoms with E-state index in [1.165, 1.54) is 6.42 Å². The zero-order valence-electron chi connectivity index (χ0n) is 15.0. The van der Waals surface area contributed by atoms with Crippen molar-refractivity contribution in [1.82, 2.24) is 0 Å². The molecule has 4 heteroatoms. The van der Waals surface area contributed by atoms with E-state index in [4.69, 9.17) is 4.74 Å². The zero-order valence-corrected chi connectivity index (χ0v) is 15.0. The molecule has 2 heterocycles. The van der Waals surface area contributed by atoms with Crippen molar-refractivity contribution in [3.05, 3.63) is 0 Å². The molecule has 6 fully saturated rings. The average Bonchev–Trinajstić information content (AvgIpc) is 2.93. The van der Waals surface area contributed by atoms with Gasteiger partial charge in [-0.05, 0) is 67.1 Å². The number of rotatable bonds is 2. The smallest absolute Gasteiger partial charge is 0.121 e. The molecule has 0 amide bonds. The third-order valence-corrected chi connectivity index (χ3v) is 9.52. The van der Waals surface area contributed by atoms with Gasteiger partial charge < -0.3 is 20.1 Å². The van der Waals surface area contributed by atoms with E-state index in [0.717, 1.165) is 38.5 Å². The molecule has 24 heavy (non-hydrogen) atoms. The first-order valence-corrected chi connectivity index (χ1v) is 9.94. The average molecular weight is 336 g/mol. The molecule has 0 aromatic carbocycles. The van der Waals surface area contributed by atoms with E-state index >= 15 is 0 Å². The molecule has 4 bridgehead atoms. The molecule has 2 saturated heterocycles. The minimum Gasteiger partial charge on any atom is -0.396 e. The summed E-state index contributed by atoms with van der Waals surface area (Å²) >= 11 is 0. The Morgan fingerprint density at radius 1 is 1.08 bits per heavy atom. The second-order valence-electron chi connectivity index (χ2n) is 10.3. The molecule has 3 N–H and O–H groups in total. The minimum absolute atomic E-state index is 0.00678. The number of hydrogen-bond acceptors (Lipinski definition) is 4. The highest BCUT2D eigenvalue weighted by molar-refractivity contribution is 5.27. The van der Waals surface area contributed by atoms with Crippen LogP contribution in [0.2, 0.25) is 0 Å². The highest BCUT2D eigenvalue weighted by atomic mass is 16.5. The standard InChI is InChI=1S/C20H32O4/c1-17(10-21)5-3-6-18(2)14(17)4-7-19-9-12-8-13(15(18)19)24-20(12,11-22)16(19)23/h12-16,21-23H,3-11H2,1-2H3/t12-,13+,14-,15+,16-,17+,18-,19-,20-/m1/s1. The lowest BCUT2D eigenvalue weighted by Gasteiger charge is -2.67. The third kappa shape index (κ3) is 1.49. The summed E-state index contributed by atoms with van der Waals surface area (Å²) in [5, 5.41) is 31.4. The van der Waals surface area contributed by atoms with Crippen LogP contribution >= 0.6 is 0 Å². The normalized spacial score (nSPS) is 64.1. The van der Waals surface area contributed by atoms with Crippen LogP contribution in [0.4, 0.5) is 0 Å². The molecule has 2 aliphatic heterocycles. The second kappa shape index (κ2) is 4.57. The molecule has 4 saturated carbocycles. The van der Waals surface area contributed by atoms with E-state index < -0.39 is 11.7 Å². The molecule has 9 atom stereocenters. The van der Waals surface area contributed by atoms with Gasteiger partial charge >= 0.3 is 0 Å². The van der Waals surface area contributed by atoms with Gasteiger partial charge in [0.1, 0.15) is 5.60 Å². The maximum Gasteiger partial charge on any atom is 0.121 e. The molecule has 1 spiro atoms. The first-order chi connectivity index (χ1) is 11.4. The van der Waals surface area contributed by atoms with Crippen molar-refractivity contribution in [2.75, 3.05) is 13.2 Å². The van der Waals surface area contributed by atoms with Crippen LogP contribution in [-0.4, -0.2) is 46.3 Å². The summed E-state index contributed by atoms with van der Waals surface area (Å²) < 4.78 is 6.42. The summed E-state index contributed by atoms with van der Waals surface area (Å²) in [7, 11) is 0. The van der Waals surface area contributed by atoms with Gasteiger partial charge in [0.2, 0.25) is 0 Å². The van der Waals surface area contributed by atoms with Crippen LogP contribution in [-0.2, 0) is 4.74 Å². The SMILES string of the molecule is C[C@@]1(CO)CCC[C@]2(C)[C@@H]1CC[C@]13C[C@H]4C[C@H](O[C@@]4(CO)[C@@H]1O)[C@@H]23. The fourth-order valence-electron chi connectivity index (χ4n) is 8.78. The lowest BCUT2D eigenvalue weighted by atomic mass is 9.40. The summed E-state index contributed by atoms with van der Waals surface area (Å²) in [6.07, 6.45) is 7.28. The van der Waals surface area contributed by atoms with Crippen molar-refractivity contribution in [3.63, 3.8) is 0 Å². The fraction of sp³-hybridized carbons (Fsp3) is 1.00. The zero-order chi connectivity index (χ0) is 17.0. The highest BCUT2D eigenvalue weighted by Crippen LogP contribution is 2.76. The molecule has 0 aromatic heterocycles. The van der Waals surface area contributed by atoms with Crippen LogP contribution in [0.5, 0.6) is 0 Å². The van der Waals surface area contributed by atoms with E-state index in [9.17, 15) is 15.3 Å². The Balaban J connectivity index is 1.61. The van der Waals surface area contributed by atoms with Crippen molar-refractivity contribution in [2.24, 2.45) is 34.0 Å². The van der Waals surface area contributed by atoms with Gasteiger partial charge in [0.15, 0.2) is 0 Å². The highest BCUT2D eigenvalue weighted by Gasteiger charge is 2.79.